The lowest BCUT2D eigenvalue weighted by Gasteiger charge is -1.92. The maximum Gasteiger partial charge on any atom is 0.295 e. The van der Waals surface area contributed by atoms with E-state index in [1.54, 1.807) is 6.21 Å². The first-order valence-electron chi connectivity index (χ1n) is 3.84. The predicted molar refractivity (Wildman–Crippen MR) is 51.8 cm³/mol. The predicted octanol–water partition coefficient (Wildman–Crippen LogP) is 2.11. The second-order valence-electron chi connectivity index (χ2n) is 2.36. The highest BCUT2D eigenvalue weighted by atomic mass is 16.6. The Labute approximate surface area is 77.0 Å². The van der Waals surface area contributed by atoms with Gasteiger partial charge in [-0.15, -0.1) is 0 Å². The fraction of sp³-hybridized carbons (Fsp3) is 0.100. The zero-order chi connectivity index (χ0) is 9.52. The number of hydrogen-bond acceptors (Lipinski definition) is 3. The second kappa shape index (κ2) is 4.98. The molecule has 1 aromatic rings. The summed E-state index contributed by atoms with van der Waals surface area (Å²) in [5.41, 5.74) is 0.975. The van der Waals surface area contributed by atoms with E-state index in [-0.39, 0.29) is 5.95 Å². The van der Waals surface area contributed by atoms with E-state index in [0.29, 0.717) is 0 Å². The number of aliphatic imine (C=N–C) groups is 1. The summed E-state index contributed by atoms with van der Waals surface area (Å²) in [5, 5.41) is 8.86. The van der Waals surface area contributed by atoms with Crippen LogP contribution in [0.2, 0.25) is 0 Å². The van der Waals surface area contributed by atoms with Crippen molar-refractivity contribution in [1.29, 1.82) is 0 Å². The van der Waals surface area contributed by atoms with Crippen molar-refractivity contribution >= 4 is 6.21 Å². The molecule has 0 spiro atoms. The van der Waals surface area contributed by atoms with Gasteiger partial charge in [0.15, 0.2) is 0 Å². The van der Waals surface area contributed by atoms with Gasteiger partial charge >= 0.3 is 0 Å². The van der Waals surface area contributed by atoms with Gasteiger partial charge in [-0.05, 0) is 5.56 Å². The second-order valence-corrected chi connectivity index (χ2v) is 2.36. The summed E-state index contributed by atoms with van der Waals surface area (Å²) in [6.45, 7) is 0. The Hall–Kier alpha value is -1.77. The standard InChI is InChI=1S/C10H11NO2/c1-13-10(12)8-11-7-9-5-3-2-4-6-9/h2-8,12H,1H3/b10-8+,11-7?. The fourth-order valence-corrected chi connectivity index (χ4v) is 0.779. The van der Waals surface area contributed by atoms with Crippen LogP contribution in [-0.4, -0.2) is 18.4 Å². The first-order chi connectivity index (χ1) is 6.33. The Morgan fingerprint density at radius 2 is 2.08 bits per heavy atom. The van der Waals surface area contributed by atoms with Crippen molar-refractivity contribution in [3.8, 4) is 0 Å². The third-order valence-electron chi connectivity index (χ3n) is 1.42. The maximum atomic E-state index is 8.86. The molecule has 0 saturated heterocycles. The number of aliphatic hydroxyl groups is 1. The van der Waals surface area contributed by atoms with Gasteiger partial charge in [-0.1, -0.05) is 30.3 Å². The van der Waals surface area contributed by atoms with E-state index in [4.69, 9.17) is 5.11 Å². The summed E-state index contributed by atoms with van der Waals surface area (Å²) in [6, 6.07) is 9.60. The molecule has 0 unspecified atom stereocenters. The van der Waals surface area contributed by atoms with Crippen molar-refractivity contribution in [3.63, 3.8) is 0 Å². The topological polar surface area (TPSA) is 41.8 Å². The maximum absolute atomic E-state index is 8.86. The van der Waals surface area contributed by atoms with Crippen LogP contribution in [0.3, 0.4) is 0 Å². The first kappa shape index (κ1) is 9.32. The number of aliphatic hydroxyl groups excluding tert-OH is 1. The molecule has 68 valence electrons. The summed E-state index contributed by atoms with van der Waals surface area (Å²) < 4.78 is 4.49. The number of hydrogen-bond donors (Lipinski definition) is 1. The minimum Gasteiger partial charge on any atom is -0.480 e. The van der Waals surface area contributed by atoms with Crippen LogP contribution < -0.4 is 0 Å². The first-order valence-corrected chi connectivity index (χ1v) is 3.84. The number of benzene rings is 1. The van der Waals surface area contributed by atoms with Gasteiger partial charge in [-0.25, -0.2) is 0 Å². The van der Waals surface area contributed by atoms with E-state index in [2.05, 4.69) is 9.73 Å². The molecule has 0 fully saturated rings. The van der Waals surface area contributed by atoms with Crippen LogP contribution >= 0.6 is 0 Å². The van der Waals surface area contributed by atoms with Crippen LogP contribution in [0.15, 0.2) is 47.5 Å². The van der Waals surface area contributed by atoms with Crippen LogP contribution in [0.25, 0.3) is 0 Å². The minimum atomic E-state index is -0.202. The zero-order valence-corrected chi connectivity index (χ0v) is 7.34. The molecule has 0 amide bonds. The Kier molecular flexibility index (Phi) is 3.57. The number of nitrogens with zero attached hydrogens (tertiary/aromatic N) is 1. The molecule has 0 aliphatic rings. The number of methoxy groups -OCH3 is 1. The van der Waals surface area contributed by atoms with Gasteiger partial charge in [0, 0.05) is 6.21 Å². The summed E-state index contributed by atoms with van der Waals surface area (Å²) in [4.78, 5) is 3.85. The highest BCUT2D eigenvalue weighted by molar-refractivity contribution is 5.79. The third kappa shape index (κ3) is 3.42. The van der Waals surface area contributed by atoms with Crippen molar-refractivity contribution in [3.05, 3.63) is 48.0 Å². The molecular weight excluding hydrogens is 166 g/mol. The average Bonchev–Trinajstić information content (AvgIpc) is 2.19. The van der Waals surface area contributed by atoms with Gasteiger partial charge in [-0.2, -0.15) is 0 Å². The molecule has 13 heavy (non-hydrogen) atoms. The molecule has 0 bridgehead atoms. The summed E-state index contributed by atoms with van der Waals surface area (Å²) >= 11 is 0. The summed E-state index contributed by atoms with van der Waals surface area (Å²) in [5.74, 6) is -0.202. The lowest BCUT2D eigenvalue weighted by molar-refractivity contribution is 0.135. The van der Waals surface area contributed by atoms with Gasteiger partial charge in [0.05, 0.1) is 7.11 Å². The largest absolute Gasteiger partial charge is 0.480 e. The molecular formula is C10H11NO2. The molecule has 0 saturated carbocycles. The van der Waals surface area contributed by atoms with Crippen LogP contribution in [-0.2, 0) is 4.74 Å². The Morgan fingerprint density at radius 1 is 1.38 bits per heavy atom. The Balaban J connectivity index is 2.60. The quantitative estimate of drug-likeness (QED) is 0.567. The lowest BCUT2D eigenvalue weighted by Crippen LogP contribution is -1.82. The summed E-state index contributed by atoms with van der Waals surface area (Å²) in [6.07, 6.45) is 2.88. The molecule has 1 aromatic carbocycles. The van der Waals surface area contributed by atoms with Crippen LogP contribution in [0.5, 0.6) is 0 Å². The monoisotopic (exact) mass is 177 g/mol. The van der Waals surface area contributed by atoms with Crippen molar-refractivity contribution in [1.82, 2.24) is 0 Å². The molecule has 0 radical (unpaired) electrons. The van der Waals surface area contributed by atoms with Crippen molar-refractivity contribution in [2.45, 2.75) is 0 Å². The molecule has 1 N–H and O–H groups in total. The van der Waals surface area contributed by atoms with E-state index in [1.165, 1.54) is 13.3 Å². The van der Waals surface area contributed by atoms with Gasteiger partial charge < -0.3 is 9.84 Å². The van der Waals surface area contributed by atoms with Crippen LogP contribution in [0, 0.1) is 0 Å². The van der Waals surface area contributed by atoms with Crippen molar-refractivity contribution in [2.75, 3.05) is 7.11 Å². The SMILES string of the molecule is CO/C(O)=C/N=Cc1ccccc1. The molecule has 1 rings (SSSR count). The van der Waals surface area contributed by atoms with Crippen LogP contribution in [0.1, 0.15) is 5.56 Å². The molecule has 3 nitrogen and oxygen atoms in total. The van der Waals surface area contributed by atoms with E-state index in [0.717, 1.165) is 5.56 Å². The van der Waals surface area contributed by atoms with Gasteiger partial charge in [0.25, 0.3) is 5.95 Å². The highest BCUT2D eigenvalue weighted by Crippen LogP contribution is 1.95. The molecule has 0 aliphatic heterocycles. The average molecular weight is 177 g/mol. The van der Waals surface area contributed by atoms with Crippen molar-refractivity contribution < 1.29 is 9.84 Å². The van der Waals surface area contributed by atoms with Crippen molar-refractivity contribution in [2.24, 2.45) is 4.99 Å². The van der Waals surface area contributed by atoms with E-state index < -0.39 is 0 Å². The number of rotatable bonds is 3. The van der Waals surface area contributed by atoms with E-state index in [9.17, 15) is 0 Å². The Morgan fingerprint density at radius 3 is 2.69 bits per heavy atom. The van der Waals surface area contributed by atoms with Gasteiger partial charge in [0.2, 0.25) is 0 Å². The number of ether oxygens (including phenoxy) is 1. The third-order valence-corrected chi connectivity index (χ3v) is 1.42. The normalized spacial score (nSPS) is 11.9. The highest BCUT2D eigenvalue weighted by Gasteiger charge is 1.84. The molecule has 3 heteroatoms. The molecule has 0 aromatic heterocycles. The summed E-state index contributed by atoms with van der Waals surface area (Å²) in [7, 11) is 1.38. The fourth-order valence-electron chi connectivity index (χ4n) is 0.779. The van der Waals surface area contributed by atoms with Gasteiger partial charge in [0.1, 0.15) is 6.20 Å². The van der Waals surface area contributed by atoms with E-state index in [1.807, 2.05) is 30.3 Å². The van der Waals surface area contributed by atoms with Crippen LogP contribution in [0.4, 0.5) is 0 Å². The Bertz CT molecular complexity index is 304. The zero-order valence-electron chi connectivity index (χ0n) is 7.34. The smallest absolute Gasteiger partial charge is 0.295 e. The molecule has 0 atom stereocenters. The van der Waals surface area contributed by atoms with E-state index >= 15 is 0 Å². The molecule has 0 aliphatic carbocycles. The van der Waals surface area contributed by atoms with Gasteiger partial charge in [-0.3, -0.25) is 4.99 Å². The minimum absolute atomic E-state index is 0.202. The molecule has 0 heterocycles. The lowest BCUT2D eigenvalue weighted by atomic mass is 10.2.